The molecule has 162 valence electrons. The molecule has 0 atom stereocenters. The number of rotatable bonds is 9. The van der Waals surface area contributed by atoms with Crippen LogP contribution >= 0.6 is 15.9 Å². The van der Waals surface area contributed by atoms with Gasteiger partial charge in [-0.25, -0.2) is 0 Å². The van der Waals surface area contributed by atoms with Gasteiger partial charge in [0.2, 0.25) is 0 Å². The second-order valence-electron chi connectivity index (χ2n) is 7.13. The number of halogens is 1. The molecule has 2 heterocycles. The van der Waals surface area contributed by atoms with Crippen molar-refractivity contribution in [3.8, 4) is 11.5 Å². The van der Waals surface area contributed by atoms with E-state index in [9.17, 15) is 9.59 Å². The predicted molar refractivity (Wildman–Crippen MR) is 119 cm³/mol. The van der Waals surface area contributed by atoms with E-state index in [1.54, 1.807) is 13.8 Å². The van der Waals surface area contributed by atoms with Gasteiger partial charge in [-0.1, -0.05) is 13.3 Å². The van der Waals surface area contributed by atoms with Gasteiger partial charge in [0.05, 0.1) is 28.8 Å². The smallest absolute Gasteiger partial charge is 0.268 e. The van der Waals surface area contributed by atoms with E-state index in [1.165, 1.54) is 0 Å². The number of aromatic nitrogens is 4. The number of hydrogen-bond acceptors (Lipinski definition) is 4. The average Bonchev–Trinajstić information content (AvgIpc) is 3.21. The topological polar surface area (TPSA) is 116 Å². The Morgan fingerprint density at radius 3 is 2.00 bits per heavy atom. The zero-order valence-electron chi connectivity index (χ0n) is 17.6. The van der Waals surface area contributed by atoms with E-state index in [4.69, 9.17) is 9.47 Å². The number of unbranched alkanes of at least 4 members (excludes halogenated alkanes) is 1. The van der Waals surface area contributed by atoms with Crippen molar-refractivity contribution in [1.29, 1.82) is 0 Å². The Morgan fingerprint density at radius 1 is 0.933 bits per heavy atom. The van der Waals surface area contributed by atoms with E-state index >= 15 is 0 Å². The molecule has 9 heteroatoms. The zero-order valence-corrected chi connectivity index (χ0v) is 19.2. The van der Waals surface area contributed by atoms with Crippen LogP contribution in [0.3, 0.4) is 0 Å². The third kappa shape index (κ3) is 4.26. The van der Waals surface area contributed by atoms with Crippen LogP contribution in [0.4, 0.5) is 0 Å². The van der Waals surface area contributed by atoms with Crippen molar-refractivity contribution in [2.24, 2.45) is 0 Å². The van der Waals surface area contributed by atoms with Gasteiger partial charge in [-0.3, -0.25) is 19.8 Å². The van der Waals surface area contributed by atoms with E-state index in [2.05, 4.69) is 43.2 Å². The molecule has 0 aliphatic carbocycles. The predicted octanol–water partition coefficient (Wildman–Crippen LogP) is 3.86. The lowest BCUT2D eigenvalue weighted by Gasteiger charge is -2.20. The average molecular weight is 479 g/mol. The van der Waals surface area contributed by atoms with Gasteiger partial charge >= 0.3 is 0 Å². The van der Waals surface area contributed by atoms with Gasteiger partial charge in [0, 0.05) is 17.3 Å². The monoisotopic (exact) mass is 478 g/mol. The Labute approximate surface area is 182 Å². The Hall–Kier alpha value is -2.68. The van der Waals surface area contributed by atoms with Crippen LogP contribution < -0.4 is 20.6 Å². The van der Waals surface area contributed by atoms with E-state index in [0.717, 1.165) is 18.4 Å². The number of benzene rings is 1. The molecular weight excluding hydrogens is 452 g/mol. The molecule has 30 heavy (non-hydrogen) atoms. The van der Waals surface area contributed by atoms with Crippen molar-refractivity contribution >= 4 is 15.9 Å². The Balaban J connectivity index is 2.21. The number of H-pyrrole nitrogens is 4. The van der Waals surface area contributed by atoms with Crippen molar-refractivity contribution in [2.75, 3.05) is 13.2 Å². The number of ether oxygens (including phenoxy) is 2. The van der Waals surface area contributed by atoms with E-state index in [-0.39, 0.29) is 11.1 Å². The summed E-state index contributed by atoms with van der Waals surface area (Å²) < 4.78 is 12.5. The summed E-state index contributed by atoms with van der Waals surface area (Å²) in [4.78, 5) is 25.3. The number of nitrogens with one attached hydrogen (secondary N) is 4. The lowest BCUT2D eigenvalue weighted by molar-refractivity contribution is 0.271. The molecule has 0 unspecified atom stereocenters. The van der Waals surface area contributed by atoms with Crippen LogP contribution in [0.25, 0.3) is 0 Å². The molecule has 0 fully saturated rings. The van der Waals surface area contributed by atoms with E-state index in [1.807, 2.05) is 19.1 Å². The second kappa shape index (κ2) is 9.42. The highest BCUT2D eigenvalue weighted by atomic mass is 79.9. The molecule has 3 aromatic rings. The summed E-state index contributed by atoms with van der Waals surface area (Å²) in [7, 11) is 0. The van der Waals surface area contributed by atoms with Gasteiger partial charge in [-0.2, -0.15) is 0 Å². The van der Waals surface area contributed by atoms with Crippen LogP contribution in [0.2, 0.25) is 0 Å². The minimum absolute atomic E-state index is 0.269. The molecule has 0 saturated carbocycles. The number of aryl methyl sites for hydroxylation is 2. The summed E-state index contributed by atoms with van der Waals surface area (Å²) in [6.07, 6.45) is 1.95. The maximum absolute atomic E-state index is 12.6. The maximum atomic E-state index is 12.6. The third-order valence-corrected chi connectivity index (χ3v) is 5.60. The highest BCUT2D eigenvalue weighted by Crippen LogP contribution is 2.41. The fraction of sp³-hybridized carbons (Fsp3) is 0.429. The van der Waals surface area contributed by atoms with Crippen molar-refractivity contribution < 1.29 is 9.47 Å². The van der Waals surface area contributed by atoms with Crippen LogP contribution in [0.15, 0.2) is 26.2 Å². The SMILES string of the molecule is CCCCOc1c(Br)cc(C(c2c(C)[nH][nH]c2=O)c2c(C)[nH][nH]c2=O)cc1OCC. The first-order valence-corrected chi connectivity index (χ1v) is 10.8. The fourth-order valence-electron chi connectivity index (χ4n) is 3.56. The molecule has 3 rings (SSSR count). The quantitative estimate of drug-likeness (QED) is 0.349. The Morgan fingerprint density at radius 2 is 1.53 bits per heavy atom. The summed E-state index contributed by atoms with van der Waals surface area (Å²) in [5.41, 5.74) is 2.51. The fourth-order valence-corrected chi connectivity index (χ4v) is 4.13. The molecule has 0 radical (unpaired) electrons. The van der Waals surface area contributed by atoms with Crippen LogP contribution in [-0.4, -0.2) is 33.6 Å². The van der Waals surface area contributed by atoms with Crippen LogP contribution in [0.1, 0.15) is 60.7 Å². The molecule has 2 aromatic heterocycles. The second-order valence-corrected chi connectivity index (χ2v) is 7.99. The first kappa shape index (κ1) is 22.0. The maximum Gasteiger partial charge on any atom is 0.268 e. The molecule has 0 bridgehead atoms. The molecule has 0 aliphatic rings. The van der Waals surface area contributed by atoms with Gasteiger partial charge in [0.1, 0.15) is 0 Å². The van der Waals surface area contributed by atoms with Crippen molar-refractivity contribution in [2.45, 2.75) is 46.5 Å². The third-order valence-electron chi connectivity index (χ3n) is 5.01. The van der Waals surface area contributed by atoms with Crippen molar-refractivity contribution in [1.82, 2.24) is 20.4 Å². The van der Waals surface area contributed by atoms with Crippen molar-refractivity contribution in [3.63, 3.8) is 0 Å². The number of hydrogen-bond donors (Lipinski definition) is 4. The minimum atomic E-state index is -0.588. The standard InChI is InChI=1S/C21H27BrN4O4/c1-5-7-8-30-19-14(22)9-13(10-15(19)29-6-2)18(16-11(3)23-25-20(16)27)17-12(4)24-26-21(17)28/h9-10,18H,5-8H2,1-4H3,(H2,23,25,27)(H2,24,26,28). The first-order valence-electron chi connectivity index (χ1n) is 10.0. The van der Waals surface area contributed by atoms with E-state index in [0.29, 0.717) is 51.7 Å². The molecule has 0 saturated heterocycles. The molecule has 0 amide bonds. The minimum Gasteiger partial charge on any atom is -0.490 e. The molecule has 1 aromatic carbocycles. The normalized spacial score (nSPS) is 11.3. The van der Waals surface area contributed by atoms with Gasteiger partial charge in [-0.05, 0) is 60.8 Å². The summed E-state index contributed by atoms with van der Waals surface area (Å²) in [5, 5.41) is 11.0. The zero-order chi connectivity index (χ0) is 21.8. The van der Waals surface area contributed by atoms with Gasteiger partial charge < -0.3 is 19.7 Å². The lowest BCUT2D eigenvalue weighted by Crippen LogP contribution is -2.20. The lowest BCUT2D eigenvalue weighted by atomic mass is 9.85. The highest BCUT2D eigenvalue weighted by Gasteiger charge is 2.29. The molecule has 4 N–H and O–H groups in total. The van der Waals surface area contributed by atoms with Crippen molar-refractivity contribution in [3.05, 3.63) is 65.4 Å². The molecular formula is C21H27BrN4O4. The van der Waals surface area contributed by atoms with Crippen LogP contribution in [0, 0.1) is 13.8 Å². The van der Waals surface area contributed by atoms with E-state index < -0.39 is 5.92 Å². The van der Waals surface area contributed by atoms with Crippen LogP contribution in [-0.2, 0) is 0 Å². The largest absolute Gasteiger partial charge is 0.490 e. The molecule has 0 spiro atoms. The molecule has 0 aliphatic heterocycles. The van der Waals surface area contributed by atoms with Gasteiger partial charge in [0.15, 0.2) is 11.5 Å². The Bertz CT molecular complexity index is 1070. The summed E-state index contributed by atoms with van der Waals surface area (Å²) in [6, 6.07) is 3.73. The first-order chi connectivity index (χ1) is 14.4. The Kier molecular flexibility index (Phi) is 6.91. The summed E-state index contributed by atoms with van der Waals surface area (Å²) >= 11 is 3.60. The highest BCUT2D eigenvalue weighted by molar-refractivity contribution is 9.10. The van der Waals surface area contributed by atoms with Gasteiger partial charge in [0.25, 0.3) is 11.1 Å². The number of aromatic amines is 4. The van der Waals surface area contributed by atoms with Crippen LogP contribution in [0.5, 0.6) is 11.5 Å². The summed E-state index contributed by atoms with van der Waals surface area (Å²) in [6.45, 7) is 8.64. The molecule has 8 nitrogen and oxygen atoms in total. The summed E-state index contributed by atoms with van der Waals surface area (Å²) in [5.74, 6) is 0.597. The van der Waals surface area contributed by atoms with Gasteiger partial charge in [-0.15, -0.1) is 0 Å².